The second-order valence-corrected chi connectivity index (χ2v) is 12.4. The monoisotopic (exact) mass is 607 g/mol. The number of halogens is 3. The summed E-state index contributed by atoms with van der Waals surface area (Å²) in [5.74, 6) is -1.28. The number of benzene rings is 4. The Morgan fingerprint density at radius 3 is 2.05 bits per heavy atom. The fourth-order valence-corrected chi connectivity index (χ4v) is 6.39. The molecule has 4 rings (SSSR count). The first-order valence-corrected chi connectivity index (χ1v) is 14.9. The molecule has 8 nitrogen and oxygen atoms in total. The molecule has 39 heavy (non-hydrogen) atoms. The summed E-state index contributed by atoms with van der Waals surface area (Å²) in [6, 6.07) is 21.9. The Kier molecular flexibility index (Phi) is 8.45. The summed E-state index contributed by atoms with van der Waals surface area (Å²) in [5, 5.41) is 2.77. The summed E-state index contributed by atoms with van der Waals surface area (Å²) in [6.07, 6.45) is 0. The van der Waals surface area contributed by atoms with Crippen LogP contribution in [0.15, 0.2) is 107 Å². The first-order chi connectivity index (χ1) is 18.5. The molecule has 0 aliphatic rings. The Hall–Kier alpha value is -3.64. The largest absolute Gasteiger partial charge is 0.325 e. The van der Waals surface area contributed by atoms with Crippen molar-refractivity contribution >= 4 is 66.2 Å². The van der Waals surface area contributed by atoms with Gasteiger partial charge in [-0.25, -0.2) is 21.2 Å². The number of carbonyl (C=O) groups excluding carboxylic acids is 1. The van der Waals surface area contributed by atoms with Gasteiger partial charge in [0.1, 0.15) is 12.4 Å². The summed E-state index contributed by atoms with van der Waals surface area (Å²) in [5.41, 5.74) is 0.403. The highest BCUT2D eigenvalue weighted by molar-refractivity contribution is 7.93. The summed E-state index contributed by atoms with van der Waals surface area (Å²) in [4.78, 5) is 12.7. The van der Waals surface area contributed by atoms with Crippen LogP contribution in [0.1, 0.15) is 0 Å². The number of rotatable bonds is 9. The maximum Gasteiger partial charge on any atom is 0.264 e. The van der Waals surface area contributed by atoms with Crippen molar-refractivity contribution in [2.24, 2.45) is 0 Å². The van der Waals surface area contributed by atoms with Crippen molar-refractivity contribution in [3.63, 3.8) is 0 Å². The van der Waals surface area contributed by atoms with Gasteiger partial charge in [0.05, 0.1) is 31.2 Å². The first kappa shape index (κ1) is 28.4. The van der Waals surface area contributed by atoms with Crippen LogP contribution in [0.5, 0.6) is 0 Å². The lowest BCUT2D eigenvalue weighted by molar-refractivity contribution is -0.114. The number of nitrogens with one attached hydrogen (secondary N) is 2. The molecule has 2 N–H and O–H groups in total. The zero-order chi connectivity index (χ0) is 28.2. The third kappa shape index (κ3) is 6.69. The Bertz CT molecular complexity index is 1700. The van der Waals surface area contributed by atoms with Gasteiger partial charge in [-0.1, -0.05) is 47.5 Å². The van der Waals surface area contributed by atoms with E-state index in [2.05, 4.69) is 10.0 Å². The van der Waals surface area contributed by atoms with Gasteiger partial charge in [0, 0.05) is 5.69 Å². The minimum absolute atomic E-state index is 0.0442. The van der Waals surface area contributed by atoms with Crippen LogP contribution in [-0.4, -0.2) is 29.3 Å². The van der Waals surface area contributed by atoms with E-state index in [9.17, 15) is 26.0 Å². The average Bonchev–Trinajstić information content (AvgIpc) is 2.91. The molecule has 0 unspecified atom stereocenters. The third-order valence-corrected chi connectivity index (χ3v) is 9.37. The number of hydrogen-bond donors (Lipinski definition) is 2. The number of sulfonamides is 2. The third-order valence-electron chi connectivity index (χ3n) is 5.38. The van der Waals surface area contributed by atoms with Crippen LogP contribution in [0, 0.1) is 5.82 Å². The van der Waals surface area contributed by atoms with Crippen LogP contribution in [0.4, 0.5) is 21.5 Å². The van der Waals surface area contributed by atoms with Crippen molar-refractivity contribution in [1.29, 1.82) is 0 Å². The van der Waals surface area contributed by atoms with Crippen LogP contribution in [-0.2, 0) is 24.8 Å². The van der Waals surface area contributed by atoms with E-state index in [0.717, 1.165) is 16.4 Å². The van der Waals surface area contributed by atoms with E-state index in [1.54, 1.807) is 18.2 Å². The summed E-state index contributed by atoms with van der Waals surface area (Å²) in [7, 11) is -8.20. The number of nitrogens with zero attached hydrogens (tertiary/aromatic N) is 1. The molecule has 0 bridgehead atoms. The second-order valence-electron chi connectivity index (χ2n) is 8.08. The number of anilines is 3. The molecular weight excluding hydrogens is 588 g/mol. The van der Waals surface area contributed by atoms with E-state index in [1.165, 1.54) is 66.7 Å². The van der Waals surface area contributed by atoms with E-state index in [-0.39, 0.29) is 36.9 Å². The SMILES string of the molecule is O=C(CN(c1ccc(F)cc1)S(=O)(=O)c1ccccc1)Nc1ccc(S(=O)(=O)Nc2cccc(Cl)c2Cl)cc1. The molecular formula is C26H20Cl2FN3O5S2. The molecule has 4 aromatic carbocycles. The summed E-state index contributed by atoms with van der Waals surface area (Å²) >= 11 is 12.0. The Morgan fingerprint density at radius 1 is 0.769 bits per heavy atom. The van der Waals surface area contributed by atoms with Gasteiger partial charge in [0.25, 0.3) is 20.0 Å². The van der Waals surface area contributed by atoms with Crippen molar-refractivity contribution in [2.75, 3.05) is 20.9 Å². The predicted octanol–water partition coefficient (Wildman–Crippen LogP) is 5.77. The Balaban J connectivity index is 1.52. The number of hydrogen-bond acceptors (Lipinski definition) is 5. The molecule has 0 heterocycles. The number of carbonyl (C=O) groups is 1. The zero-order valence-electron chi connectivity index (χ0n) is 19.9. The van der Waals surface area contributed by atoms with Crippen LogP contribution in [0.3, 0.4) is 0 Å². The van der Waals surface area contributed by atoms with Gasteiger partial charge < -0.3 is 5.32 Å². The molecule has 202 valence electrons. The lowest BCUT2D eigenvalue weighted by Crippen LogP contribution is -2.38. The average molecular weight is 609 g/mol. The predicted molar refractivity (Wildman–Crippen MR) is 150 cm³/mol. The highest BCUT2D eigenvalue weighted by Crippen LogP contribution is 2.31. The van der Waals surface area contributed by atoms with E-state index in [1.807, 2.05) is 0 Å². The first-order valence-electron chi connectivity index (χ1n) is 11.2. The Morgan fingerprint density at radius 2 is 1.41 bits per heavy atom. The normalized spacial score (nSPS) is 11.6. The fourth-order valence-electron chi connectivity index (χ4n) is 3.48. The highest BCUT2D eigenvalue weighted by atomic mass is 35.5. The number of amides is 1. The van der Waals surface area contributed by atoms with Crippen molar-refractivity contribution < 1.29 is 26.0 Å². The van der Waals surface area contributed by atoms with Gasteiger partial charge >= 0.3 is 0 Å². The molecule has 0 aliphatic heterocycles. The van der Waals surface area contributed by atoms with E-state index >= 15 is 0 Å². The van der Waals surface area contributed by atoms with Crippen LogP contribution >= 0.6 is 23.2 Å². The molecule has 0 fully saturated rings. The lowest BCUT2D eigenvalue weighted by atomic mass is 10.3. The van der Waals surface area contributed by atoms with E-state index in [4.69, 9.17) is 23.2 Å². The maximum absolute atomic E-state index is 13.5. The molecule has 0 radical (unpaired) electrons. The topological polar surface area (TPSA) is 113 Å². The van der Waals surface area contributed by atoms with E-state index in [0.29, 0.717) is 0 Å². The summed E-state index contributed by atoms with van der Waals surface area (Å²) in [6.45, 7) is -0.627. The minimum atomic E-state index is -4.17. The van der Waals surface area contributed by atoms with Crippen LogP contribution in [0.25, 0.3) is 0 Å². The molecule has 0 aromatic heterocycles. The van der Waals surface area contributed by atoms with Gasteiger partial charge in [-0.3, -0.25) is 13.8 Å². The van der Waals surface area contributed by atoms with Crippen molar-refractivity contribution in [1.82, 2.24) is 0 Å². The van der Waals surface area contributed by atoms with Gasteiger partial charge in [0.15, 0.2) is 0 Å². The van der Waals surface area contributed by atoms with Gasteiger partial charge in [-0.05, 0) is 72.8 Å². The maximum atomic E-state index is 13.5. The van der Waals surface area contributed by atoms with Crippen molar-refractivity contribution in [3.8, 4) is 0 Å². The molecule has 4 aromatic rings. The second kappa shape index (κ2) is 11.6. The van der Waals surface area contributed by atoms with Crippen LogP contribution < -0.4 is 14.3 Å². The highest BCUT2D eigenvalue weighted by Gasteiger charge is 2.27. The molecule has 0 spiro atoms. The van der Waals surface area contributed by atoms with Crippen LogP contribution in [0.2, 0.25) is 10.0 Å². The van der Waals surface area contributed by atoms with Gasteiger partial charge in [-0.15, -0.1) is 0 Å². The molecule has 0 aliphatic carbocycles. The Labute approximate surface area is 235 Å². The fraction of sp³-hybridized carbons (Fsp3) is 0.0385. The van der Waals surface area contributed by atoms with Gasteiger partial charge in [0.2, 0.25) is 5.91 Å². The minimum Gasteiger partial charge on any atom is -0.325 e. The molecule has 0 saturated carbocycles. The zero-order valence-corrected chi connectivity index (χ0v) is 23.0. The quantitative estimate of drug-likeness (QED) is 0.251. The molecule has 13 heteroatoms. The van der Waals surface area contributed by atoms with Crippen molar-refractivity contribution in [2.45, 2.75) is 9.79 Å². The molecule has 1 amide bonds. The lowest BCUT2D eigenvalue weighted by Gasteiger charge is -2.24. The van der Waals surface area contributed by atoms with Gasteiger partial charge in [-0.2, -0.15) is 0 Å². The van der Waals surface area contributed by atoms with E-state index < -0.39 is 38.3 Å². The smallest absolute Gasteiger partial charge is 0.264 e. The van der Waals surface area contributed by atoms with Crippen molar-refractivity contribution in [3.05, 3.63) is 113 Å². The molecule has 0 atom stereocenters. The summed E-state index contributed by atoms with van der Waals surface area (Å²) < 4.78 is 68.9. The molecule has 0 saturated heterocycles. The standard InChI is InChI=1S/C26H20Cl2FN3O5S2/c27-23-7-4-8-24(26(23)28)31-38(34,35)21-15-11-19(12-16-21)30-25(33)17-32(20-13-9-18(29)10-14-20)39(36,37)22-5-2-1-3-6-22/h1-16,31H,17H2,(H,30,33).